The number of carbonyl (C=O) groups is 2. The largest absolute Gasteiger partial charge is 0.480 e. The van der Waals surface area contributed by atoms with E-state index in [-0.39, 0.29) is 6.10 Å². The Balaban J connectivity index is 3.99. The zero-order chi connectivity index (χ0) is 14.7. The highest BCUT2D eigenvalue weighted by molar-refractivity contribution is 5.82. The average molecular weight is 276 g/mol. The zero-order valence-electron chi connectivity index (χ0n) is 11.8. The maximum atomic E-state index is 11.5. The number of methoxy groups -OCH3 is 1. The van der Waals surface area contributed by atoms with Gasteiger partial charge in [0.25, 0.3) is 0 Å². The lowest BCUT2D eigenvalue weighted by Crippen LogP contribution is -2.47. The highest BCUT2D eigenvalue weighted by Gasteiger charge is 2.19. The van der Waals surface area contributed by atoms with Crippen LogP contribution in [0, 0.1) is 0 Å². The molecule has 0 aliphatic heterocycles. The molecule has 7 heteroatoms. The van der Waals surface area contributed by atoms with E-state index >= 15 is 0 Å². The van der Waals surface area contributed by atoms with Crippen molar-refractivity contribution < 1.29 is 24.2 Å². The lowest BCUT2D eigenvalue weighted by molar-refractivity contribution is -0.139. The minimum atomic E-state index is -1.05. The number of carboxylic acid groups (broad SMARTS) is 1. The van der Waals surface area contributed by atoms with E-state index in [2.05, 4.69) is 10.6 Å². The molecule has 0 aromatic heterocycles. The second-order valence-electron chi connectivity index (χ2n) is 4.15. The van der Waals surface area contributed by atoms with Crippen LogP contribution in [0.25, 0.3) is 0 Å². The lowest BCUT2D eigenvalue weighted by Gasteiger charge is -2.17. The van der Waals surface area contributed by atoms with Crippen LogP contribution in [-0.4, -0.2) is 56.1 Å². The molecule has 2 unspecified atom stereocenters. The molecule has 0 radical (unpaired) electrons. The molecule has 0 rings (SSSR count). The van der Waals surface area contributed by atoms with E-state index < -0.39 is 18.0 Å². The Labute approximate surface area is 113 Å². The summed E-state index contributed by atoms with van der Waals surface area (Å²) in [4.78, 5) is 22.5. The number of ether oxygens (including phenoxy) is 2. The SMILES string of the molecule is CCOC(C)CNC(=O)NC(CCCOC)C(=O)O. The number of hydrogen-bond acceptors (Lipinski definition) is 4. The summed E-state index contributed by atoms with van der Waals surface area (Å²) in [5.41, 5.74) is 0. The summed E-state index contributed by atoms with van der Waals surface area (Å²) in [5.74, 6) is -1.05. The first-order valence-corrected chi connectivity index (χ1v) is 6.39. The van der Waals surface area contributed by atoms with Gasteiger partial charge in [-0.25, -0.2) is 9.59 Å². The van der Waals surface area contributed by atoms with Crippen molar-refractivity contribution in [2.24, 2.45) is 0 Å². The van der Waals surface area contributed by atoms with E-state index in [0.29, 0.717) is 32.6 Å². The maximum Gasteiger partial charge on any atom is 0.326 e. The van der Waals surface area contributed by atoms with Crippen molar-refractivity contribution in [2.45, 2.75) is 38.8 Å². The molecule has 0 spiro atoms. The van der Waals surface area contributed by atoms with Crippen molar-refractivity contribution >= 4 is 12.0 Å². The highest BCUT2D eigenvalue weighted by atomic mass is 16.5. The van der Waals surface area contributed by atoms with E-state index in [1.54, 1.807) is 7.11 Å². The van der Waals surface area contributed by atoms with E-state index in [0.717, 1.165) is 0 Å². The first-order chi connectivity index (χ1) is 9.01. The molecule has 0 saturated carbocycles. The first-order valence-electron chi connectivity index (χ1n) is 6.39. The molecule has 3 N–H and O–H groups in total. The average Bonchev–Trinajstić information content (AvgIpc) is 2.35. The van der Waals surface area contributed by atoms with Crippen molar-refractivity contribution in [2.75, 3.05) is 26.9 Å². The third-order valence-corrected chi connectivity index (χ3v) is 2.45. The van der Waals surface area contributed by atoms with Crippen molar-refractivity contribution in [1.82, 2.24) is 10.6 Å². The smallest absolute Gasteiger partial charge is 0.326 e. The maximum absolute atomic E-state index is 11.5. The number of nitrogens with one attached hydrogen (secondary N) is 2. The first kappa shape index (κ1) is 17.7. The predicted molar refractivity (Wildman–Crippen MR) is 70.2 cm³/mol. The number of carboxylic acids is 1. The molecule has 0 aromatic carbocycles. The molecule has 2 atom stereocenters. The van der Waals surface area contributed by atoms with E-state index in [9.17, 15) is 9.59 Å². The number of aliphatic carboxylic acids is 1. The Bertz CT molecular complexity index is 273. The summed E-state index contributed by atoms with van der Waals surface area (Å²) in [6, 6.07) is -1.41. The quantitative estimate of drug-likeness (QED) is 0.507. The molecule has 112 valence electrons. The summed E-state index contributed by atoms with van der Waals surface area (Å²) >= 11 is 0. The number of urea groups is 1. The van der Waals surface area contributed by atoms with Crippen molar-refractivity contribution in [1.29, 1.82) is 0 Å². The van der Waals surface area contributed by atoms with Gasteiger partial charge in [0.15, 0.2) is 0 Å². The Morgan fingerprint density at radius 1 is 1.37 bits per heavy atom. The van der Waals surface area contributed by atoms with Crippen molar-refractivity contribution in [3.63, 3.8) is 0 Å². The van der Waals surface area contributed by atoms with Crippen LogP contribution in [0.1, 0.15) is 26.7 Å². The number of amides is 2. The summed E-state index contributed by atoms with van der Waals surface area (Å²) in [6.45, 7) is 5.07. The summed E-state index contributed by atoms with van der Waals surface area (Å²) in [7, 11) is 1.55. The molecule has 0 saturated heterocycles. The molecule has 0 aromatic rings. The van der Waals surface area contributed by atoms with E-state index in [1.807, 2.05) is 13.8 Å². The third-order valence-electron chi connectivity index (χ3n) is 2.45. The van der Waals surface area contributed by atoms with Gasteiger partial charge in [-0.05, 0) is 26.7 Å². The van der Waals surface area contributed by atoms with Crippen molar-refractivity contribution in [3.8, 4) is 0 Å². The third kappa shape index (κ3) is 9.26. The molecule has 19 heavy (non-hydrogen) atoms. The minimum Gasteiger partial charge on any atom is -0.480 e. The summed E-state index contributed by atoms with van der Waals surface area (Å²) in [6.07, 6.45) is 0.799. The molecule has 0 heterocycles. The molecular formula is C12H24N2O5. The standard InChI is InChI=1S/C12H24N2O5/c1-4-19-9(2)8-13-12(17)14-10(11(15)16)6-5-7-18-3/h9-10H,4-8H2,1-3H3,(H,15,16)(H2,13,14,17). The molecule has 0 aliphatic rings. The summed E-state index contributed by atoms with van der Waals surface area (Å²) < 4.78 is 10.1. The molecule has 7 nitrogen and oxygen atoms in total. The minimum absolute atomic E-state index is 0.104. The normalized spacial score (nSPS) is 13.6. The van der Waals surface area contributed by atoms with E-state index in [4.69, 9.17) is 14.6 Å². The Morgan fingerprint density at radius 2 is 2.05 bits per heavy atom. The predicted octanol–water partition coefficient (Wildman–Crippen LogP) is 0.590. The van der Waals surface area contributed by atoms with Crippen LogP contribution in [0.2, 0.25) is 0 Å². The van der Waals surface area contributed by atoms with Gasteiger partial charge in [0.2, 0.25) is 0 Å². The highest BCUT2D eigenvalue weighted by Crippen LogP contribution is 1.98. The fourth-order valence-corrected chi connectivity index (χ4v) is 1.48. The summed E-state index contributed by atoms with van der Waals surface area (Å²) in [5, 5.41) is 14.0. The van der Waals surface area contributed by atoms with Gasteiger partial charge in [0, 0.05) is 26.9 Å². The second kappa shape index (κ2) is 10.6. The molecule has 2 amide bonds. The van der Waals surface area contributed by atoms with Crippen LogP contribution in [0.15, 0.2) is 0 Å². The van der Waals surface area contributed by atoms with Gasteiger partial charge in [0.1, 0.15) is 6.04 Å². The van der Waals surface area contributed by atoms with Gasteiger partial charge in [0.05, 0.1) is 6.10 Å². The Hall–Kier alpha value is -1.34. The molecule has 0 bridgehead atoms. The van der Waals surface area contributed by atoms with Crippen molar-refractivity contribution in [3.05, 3.63) is 0 Å². The van der Waals surface area contributed by atoms with Gasteiger partial charge in [-0.3, -0.25) is 0 Å². The second-order valence-corrected chi connectivity index (χ2v) is 4.15. The molecular weight excluding hydrogens is 252 g/mol. The lowest BCUT2D eigenvalue weighted by atomic mass is 10.1. The monoisotopic (exact) mass is 276 g/mol. The number of hydrogen-bond donors (Lipinski definition) is 3. The fraction of sp³-hybridized carbons (Fsp3) is 0.833. The van der Waals surface area contributed by atoms with Gasteiger partial charge in [-0.2, -0.15) is 0 Å². The van der Waals surface area contributed by atoms with Crippen LogP contribution in [0.4, 0.5) is 4.79 Å². The fourth-order valence-electron chi connectivity index (χ4n) is 1.48. The van der Waals surface area contributed by atoms with Gasteiger partial charge < -0.3 is 25.2 Å². The topological polar surface area (TPSA) is 96.9 Å². The Morgan fingerprint density at radius 3 is 2.58 bits per heavy atom. The molecule has 0 aliphatic carbocycles. The van der Waals surface area contributed by atoms with Crippen LogP contribution >= 0.6 is 0 Å². The molecule has 0 fully saturated rings. The van der Waals surface area contributed by atoms with Crippen LogP contribution in [0.5, 0.6) is 0 Å². The zero-order valence-corrected chi connectivity index (χ0v) is 11.8. The Kier molecular flexibility index (Phi) is 9.82. The van der Waals surface area contributed by atoms with Gasteiger partial charge in [-0.1, -0.05) is 0 Å². The number of rotatable bonds is 10. The van der Waals surface area contributed by atoms with Crippen LogP contribution in [0.3, 0.4) is 0 Å². The van der Waals surface area contributed by atoms with Gasteiger partial charge >= 0.3 is 12.0 Å². The van der Waals surface area contributed by atoms with Crippen LogP contribution < -0.4 is 10.6 Å². The van der Waals surface area contributed by atoms with Gasteiger partial charge in [-0.15, -0.1) is 0 Å². The van der Waals surface area contributed by atoms with Crippen LogP contribution in [-0.2, 0) is 14.3 Å². The number of carbonyl (C=O) groups excluding carboxylic acids is 1. The van der Waals surface area contributed by atoms with E-state index in [1.165, 1.54) is 0 Å².